The zero-order valence-electron chi connectivity index (χ0n) is 16.4. The maximum Gasteiger partial charge on any atom is 0.416 e. The Hall–Kier alpha value is -2.82. The van der Waals surface area contributed by atoms with E-state index in [0.717, 1.165) is 12.1 Å². The lowest BCUT2D eigenvalue weighted by atomic mass is 10.1. The van der Waals surface area contributed by atoms with Gasteiger partial charge in [0.2, 0.25) is 0 Å². The van der Waals surface area contributed by atoms with E-state index in [0.29, 0.717) is 18.8 Å². The summed E-state index contributed by atoms with van der Waals surface area (Å²) in [5.41, 5.74) is -0.516. The molecule has 0 saturated carbocycles. The molecule has 11 heteroatoms. The molecule has 0 bridgehead atoms. The van der Waals surface area contributed by atoms with Gasteiger partial charge in [0.25, 0.3) is 15.9 Å². The number of carbonyl (C=O) groups excluding carboxylic acids is 1. The average molecular weight is 442 g/mol. The summed E-state index contributed by atoms with van der Waals surface area (Å²) in [6, 6.07) is 3.16. The Balaban J connectivity index is 2.00. The van der Waals surface area contributed by atoms with Crippen LogP contribution in [-0.2, 0) is 21.0 Å². The number of hydrogen-bond donors (Lipinski definition) is 1. The molecule has 0 aromatic heterocycles. The summed E-state index contributed by atoms with van der Waals surface area (Å²) in [5.74, 6) is -0.972. The molecule has 162 valence electrons. The summed E-state index contributed by atoms with van der Waals surface area (Å²) in [4.78, 5) is 16.3. The molecular formula is C19H21F3N4O3S. The van der Waals surface area contributed by atoms with Crippen molar-refractivity contribution in [2.45, 2.75) is 20.0 Å². The van der Waals surface area contributed by atoms with Gasteiger partial charge < -0.3 is 15.1 Å². The summed E-state index contributed by atoms with van der Waals surface area (Å²) in [6.45, 7) is 4.88. The molecule has 0 spiro atoms. The van der Waals surface area contributed by atoms with Crippen molar-refractivity contribution in [3.63, 3.8) is 0 Å². The number of nitrogens with one attached hydrogen (secondary N) is 1. The number of alkyl halides is 3. The summed E-state index contributed by atoms with van der Waals surface area (Å²) in [7, 11) is -3.71. The molecule has 1 amide bonds. The van der Waals surface area contributed by atoms with Crippen LogP contribution in [0.1, 0.15) is 19.4 Å². The van der Waals surface area contributed by atoms with E-state index >= 15 is 0 Å². The van der Waals surface area contributed by atoms with Crippen molar-refractivity contribution in [2.24, 2.45) is 4.40 Å². The van der Waals surface area contributed by atoms with Gasteiger partial charge in [0.15, 0.2) is 5.84 Å². The number of hydrogen-bond acceptors (Lipinski definition) is 5. The molecule has 1 N–H and O–H groups in total. The summed E-state index contributed by atoms with van der Waals surface area (Å²) in [6.07, 6.45) is -0.0398. The largest absolute Gasteiger partial charge is 0.416 e. The summed E-state index contributed by atoms with van der Waals surface area (Å²) >= 11 is 0. The van der Waals surface area contributed by atoms with Gasteiger partial charge >= 0.3 is 6.18 Å². The molecule has 0 fully saturated rings. The van der Waals surface area contributed by atoms with E-state index in [2.05, 4.69) is 9.71 Å². The summed E-state index contributed by atoms with van der Waals surface area (Å²) in [5, 5.41) is 2.52. The SMILES string of the molecule is CCN(CC)c1ccc(C(F)(F)F)cc1NC(=O)C1=CC=CN2CCS(=O)(=O)N=C12. The number of sulfonamides is 1. The normalized spacial score (nSPS) is 17.7. The highest BCUT2D eigenvalue weighted by atomic mass is 32.2. The van der Waals surface area contributed by atoms with Crippen molar-refractivity contribution >= 4 is 33.1 Å². The van der Waals surface area contributed by atoms with E-state index in [-0.39, 0.29) is 29.4 Å². The molecule has 0 saturated heterocycles. The monoisotopic (exact) mass is 442 g/mol. The third kappa shape index (κ3) is 4.50. The number of halogens is 3. The van der Waals surface area contributed by atoms with E-state index in [1.54, 1.807) is 17.2 Å². The second kappa shape index (κ2) is 8.13. The molecule has 30 heavy (non-hydrogen) atoms. The Bertz CT molecular complexity index is 1040. The van der Waals surface area contributed by atoms with E-state index in [9.17, 15) is 26.4 Å². The minimum Gasteiger partial charge on any atom is -0.370 e. The number of carbonyl (C=O) groups is 1. The first-order valence-corrected chi connectivity index (χ1v) is 10.9. The van der Waals surface area contributed by atoms with E-state index in [1.807, 2.05) is 13.8 Å². The fraction of sp³-hybridized carbons (Fsp3) is 0.368. The lowest BCUT2D eigenvalue weighted by Crippen LogP contribution is -2.41. The molecule has 0 radical (unpaired) electrons. The number of allylic oxidation sites excluding steroid dienone is 2. The highest BCUT2D eigenvalue weighted by molar-refractivity contribution is 7.90. The molecule has 1 aromatic carbocycles. The van der Waals surface area contributed by atoms with Gasteiger partial charge in [-0.2, -0.15) is 13.2 Å². The van der Waals surface area contributed by atoms with Gasteiger partial charge in [0, 0.05) is 25.8 Å². The number of nitrogens with zero attached hydrogens (tertiary/aromatic N) is 3. The van der Waals surface area contributed by atoms with Crippen molar-refractivity contribution in [1.29, 1.82) is 0 Å². The van der Waals surface area contributed by atoms with Gasteiger partial charge in [0.05, 0.1) is 28.3 Å². The lowest BCUT2D eigenvalue weighted by Gasteiger charge is -2.29. The highest BCUT2D eigenvalue weighted by Crippen LogP contribution is 2.36. The van der Waals surface area contributed by atoms with Crippen LogP contribution in [-0.4, -0.2) is 50.4 Å². The van der Waals surface area contributed by atoms with Gasteiger partial charge in [-0.1, -0.05) is 0 Å². The van der Waals surface area contributed by atoms with E-state index in [4.69, 9.17) is 0 Å². The number of fused-ring (bicyclic) bond motifs is 1. The minimum atomic E-state index is -4.58. The standard InChI is InChI=1S/C19H21F3N4O3S/c1-3-25(4-2)16-8-7-13(19(20,21)22)12-15(16)23-18(27)14-6-5-9-26-10-11-30(28,29)24-17(14)26/h5-9,12H,3-4,10-11H2,1-2H3,(H,23,27). The van der Waals surface area contributed by atoms with Gasteiger partial charge in [-0.25, -0.2) is 8.42 Å². The quantitative estimate of drug-likeness (QED) is 0.758. The predicted octanol–water partition coefficient (Wildman–Crippen LogP) is 2.99. The van der Waals surface area contributed by atoms with Crippen LogP contribution in [0.25, 0.3) is 0 Å². The minimum absolute atomic E-state index is 0.0141. The van der Waals surface area contributed by atoms with E-state index in [1.165, 1.54) is 17.0 Å². The van der Waals surface area contributed by atoms with Crippen LogP contribution in [0, 0.1) is 0 Å². The van der Waals surface area contributed by atoms with Crippen LogP contribution in [0.2, 0.25) is 0 Å². The first-order chi connectivity index (χ1) is 14.1. The smallest absolute Gasteiger partial charge is 0.370 e. The maximum atomic E-state index is 13.2. The number of benzene rings is 1. The Labute approximate surface area is 172 Å². The van der Waals surface area contributed by atoms with Crippen LogP contribution < -0.4 is 10.2 Å². The fourth-order valence-corrected chi connectivity index (χ4v) is 4.22. The van der Waals surface area contributed by atoms with Crippen molar-refractivity contribution in [2.75, 3.05) is 35.6 Å². The second-order valence-electron chi connectivity index (χ2n) is 6.67. The molecule has 2 heterocycles. The van der Waals surface area contributed by atoms with Crippen LogP contribution in [0.4, 0.5) is 24.5 Å². The Kier molecular flexibility index (Phi) is 5.93. The first-order valence-electron chi connectivity index (χ1n) is 9.31. The second-order valence-corrected chi connectivity index (χ2v) is 8.43. The Morgan fingerprint density at radius 3 is 2.60 bits per heavy atom. The van der Waals surface area contributed by atoms with Gasteiger partial charge in [0.1, 0.15) is 0 Å². The lowest BCUT2D eigenvalue weighted by molar-refractivity contribution is -0.137. The van der Waals surface area contributed by atoms with Gasteiger partial charge in [-0.3, -0.25) is 4.79 Å². The van der Waals surface area contributed by atoms with Crippen LogP contribution in [0.5, 0.6) is 0 Å². The van der Waals surface area contributed by atoms with Gasteiger partial charge in [-0.15, -0.1) is 4.40 Å². The molecule has 0 atom stereocenters. The zero-order chi connectivity index (χ0) is 22.1. The number of amides is 1. The number of anilines is 2. The number of rotatable bonds is 5. The number of amidine groups is 1. The molecular weight excluding hydrogens is 421 g/mol. The summed E-state index contributed by atoms with van der Waals surface area (Å²) < 4.78 is 67.1. The molecule has 2 aliphatic rings. The fourth-order valence-electron chi connectivity index (χ4n) is 3.24. The maximum absolute atomic E-state index is 13.2. The van der Waals surface area contributed by atoms with Crippen molar-refractivity contribution in [3.8, 4) is 0 Å². The third-order valence-electron chi connectivity index (χ3n) is 4.78. The van der Waals surface area contributed by atoms with Crippen molar-refractivity contribution in [1.82, 2.24) is 4.90 Å². The Morgan fingerprint density at radius 2 is 1.97 bits per heavy atom. The molecule has 3 rings (SSSR count). The van der Waals surface area contributed by atoms with Crippen LogP contribution in [0.15, 0.2) is 46.5 Å². The van der Waals surface area contributed by atoms with Crippen LogP contribution >= 0.6 is 0 Å². The highest BCUT2D eigenvalue weighted by Gasteiger charge is 2.33. The van der Waals surface area contributed by atoms with Gasteiger partial charge in [-0.05, 0) is 44.2 Å². The molecule has 7 nitrogen and oxygen atoms in total. The van der Waals surface area contributed by atoms with Crippen molar-refractivity contribution in [3.05, 3.63) is 47.7 Å². The van der Waals surface area contributed by atoms with Crippen LogP contribution in [0.3, 0.4) is 0 Å². The average Bonchev–Trinajstić information content (AvgIpc) is 2.68. The zero-order valence-corrected chi connectivity index (χ0v) is 17.2. The van der Waals surface area contributed by atoms with Crippen molar-refractivity contribution < 1.29 is 26.4 Å². The Morgan fingerprint density at radius 1 is 1.27 bits per heavy atom. The third-order valence-corrected chi connectivity index (χ3v) is 5.93. The van der Waals surface area contributed by atoms with E-state index < -0.39 is 27.7 Å². The first kappa shape index (κ1) is 21.9. The molecule has 2 aliphatic heterocycles. The molecule has 1 aromatic rings. The molecule has 0 unspecified atom stereocenters. The molecule has 0 aliphatic carbocycles. The predicted molar refractivity (Wildman–Crippen MR) is 109 cm³/mol. The topological polar surface area (TPSA) is 82.1 Å².